The molecule has 1 aliphatic heterocycles. The van der Waals surface area contributed by atoms with E-state index < -0.39 is 0 Å². The highest BCUT2D eigenvalue weighted by atomic mass is 32.2. The summed E-state index contributed by atoms with van der Waals surface area (Å²) in [4.78, 5) is 22.9. The van der Waals surface area contributed by atoms with Gasteiger partial charge in [-0.2, -0.15) is 4.98 Å². The fourth-order valence-corrected chi connectivity index (χ4v) is 3.44. The second-order valence-electron chi connectivity index (χ2n) is 6.86. The Morgan fingerprint density at radius 3 is 2.81 bits per heavy atom. The average Bonchev–Trinajstić information content (AvgIpc) is 2.65. The summed E-state index contributed by atoms with van der Waals surface area (Å²) in [5.74, 6) is 1.24. The molecule has 0 bridgehead atoms. The van der Waals surface area contributed by atoms with Crippen molar-refractivity contribution in [3.63, 3.8) is 0 Å². The number of nitrogens with zero attached hydrogens (tertiary/aromatic N) is 4. The summed E-state index contributed by atoms with van der Waals surface area (Å²) < 4.78 is 7.58. The molecule has 1 fully saturated rings. The van der Waals surface area contributed by atoms with Gasteiger partial charge in [-0.3, -0.25) is 9.69 Å². The van der Waals surface area contributed by atoms with E-state index in [0.717, 1.165) is 48.8 Å². The van der Waals surface area contributed by atoms with Crippen LogP contribution in [-0.2, 0) is 13.6 Å². The zero-order valence-corrected chi connectivity index (χ0v) is 16.5. The zero-order valence-electron chi connectivity index (χ0n) is 15.6. The molecule has 2 aromatic heterocycles. The first kappa shape index (κ1) is 18.9. The highest BCUT2D eigenvalue weighted by Crippen LogP contribution is 2.22. The molecule has 140 valence electrons. The molecule has 26 heavy (non-hydrogen) atoms. The van der Waals surface area contributed by atoms with Crippen LogP contribution in [0.4, 0.5) is 0 Å². The van der Waals surface area contributed by atoms with Crippen LogP contribution in [-0.4, -0.2) is 45.4 Å². The maximum absolute atomic E-state index is 11.7. The van der Waals surface area contributed by atoms with Crippen LogP contribution < -0.4 is 10.3 Å². The van der Waals surface area contributed by atoms with Crippen molar-refractivity contribution in [2.75, 3.05) is 26.0 Å². The van der Waals surface area contributed by atoms with Gasteiger partial charge in [0.2, 0.25) is 5.88 Å². The summed E-state index contributed by atoms with van der Waals surface area (Å²) in [5, 5.41) is 0.745. The molecule has 3 heterocycles. The summed E-state index contributed by atoms with van der Waals surface area (Å²) in [6, 6.07) is 3.76. The Balaban J connectivity index is 1.48. The summed E-state index contributed by atoms with van der Waals surface area (Å²) in [6.45, 7) is 5.58. The predicted molar refractivity (Wildman–Crippen MR) is 104 cm³/mol. The first-order valence-electron chi connectivity index (χ1n) is 8.93. The minimum absolute atomic E-state index is 0.0515. The number of likely N-dealkylation sites (tertiary alicyclic amines) is 1. The summed E-state index contributed by atoms with van der Waals surface area (Å²) >= 11 is 1.52. The summed E-state index contributed by atoms with van der Waals surface area (Å²) in [6.07, 6.45) is 7.83. The van der Waals surface area contributed by atoms with E-state index in [9.17, 15) is 4.79 Å². The standard InChI is InChI=1S/C19H26N4O2S/c1-14-11-20-19(26-3)21-18(14)25-13-15-5-8-23(9-6-15)12-16-4-7-22(2)17(24)10-16/h4,7,10-11,15H,5-6,8-9,12-13H2,1-3H3. The van der Waals surface area contributed by atoms with Gasteiger partial charge in [0.05, 0.1) is 6.61 Å². The molecule has 0 N–H and O–H groups in total. The molecule has 2 aromatic rings. The van der Waals surface area contributed by atoms with Gasteiger partial charge in [-0.15, -0.1) is 0 Å². The minimum Gasteiger partial charge on any atom is -0.477 e. The van der Waals surface area contributed by atoms with Crippen molar-refractivity contribution in [2.24, 2.45) is 13.0 Å². The van der Waals surface area contributed by atoms with Crippen molar-refractivity contribution in [1.82, 2.24) is 19.4 Å². The maximum atomic E-state index is 11.7. The third kappa shape index (κ3) is 4.86. The fraction of sp³-hybridized carbons (Fsp3) is 0.526. The van der Waals surface area contributed by atoms with Gasteiger partial charge >= 0.3 is 0 Å². The lowest BCUT2D eigenvalue weighted by atomic mass is 9.97. The molecule has 1 aliphatic rings. The third-order valence-electron chi connectivity index (χ3n) is 4.82. The molecule has 0 saturated carbocycles. The Morgan fingerprint density at radius 2 is 2.12 bits per heavy atom. The lowest BCUT2D eigenvalue weighted by Gasteiger charge is -2.31. The average molecular weight is 375 g/mol. The van der Waals surface area contributed by atoms with Gasteiger partial charge in [-0.1, -0.05) is 11.8 Å². The van der Waals surface area contributed by atoms with Gasteiger partial charge in [-0.25, -0.2) is 4.98 Å². The van der Waals surface area contributed by atoms with E-state index in [2.05, 4.69) is 14.9 Å². The lowest BCUT2D eigenvalue weighted by molar-refractivity contribution is 0.133. The number of rotatable bonds is 6. The van der Waals surface area contributed by atoms with Crippen LogP contribution in [0.25, 0.3) is 0 Å². The third-order valence-corrected chi connectivity index (χ3v) is 5.39. The van der Waals surface area contributed by atoms with Crippen LogP contribution in [0.5, 0.6) is 5.88 Å². The fourth-order valence-electron chi connectivity index (χ4n) is 3.11. The normalized spacial score (nSPS) is 16.0. The molecule has 1 saturated heterocycles. The van der Waals surface area contributed by atoms with Crippen LogP contribution in [0.1, 0.15) is 24.0 Å². The molecule has 0 atom stereocenters. The maximum Gasteiger partial charge on any atom is 0.250 e. The van der Waals surface area contributed by atoms with Crippen molar-refractivity contribution in [3.05, 3.63) is 46.0 Å². The number of thioether (sulfide) groups is 1. The smallest absolute Gasteiger partial charge is 0.250 e. The number of aromatic nitrogens is 3. The Labute approximate surface area is 158 Å². The second kappa shape index (κ2) is 8.68. The molecule has 0 aromatic carbocycles. The van der Waals surface area contributed by atoms with E-state index in [-0.39, 0.29) is 5.56 Å². The van der Waals surface area contributed by atoms with Gasteiger partial charge in [0.1, 0.15) is 0 Å². The Hall–Kier alpha value is -1.86. The number of ether oxygens (including phenoxy) is 1. The van der Waals surface area contributed by atoms with Crippen molar-refractivity contribution >= 4 is 11.8 Å². The Bertz CT molecular complexity index is 800. The quantitative estimate of drug-likeness (QED) is 0.572. The molecule has 6 nitrogen and oxygen atoms in total. The molecular weight excluding hydrogens is 348 g/mol. The van der Waals surface area contributed by atoms with Crippen LogP contribution in [0.15, 0.2) is 34.5 Å². The largest absolute Gasteiger partial charge is 0.477 e. The van der Waals surface area contributed by atoms with Crippen LogP contribution in [0, 0.1) is 12.8 Å². The monoisotopic (exact) mass is 374 g/mol. The van der Waals surface area contributed by atoms with E-state index in [1.807, 2.05) is 31.6 Å². The SMILES string of the molecule is CSc1ncc(C)c(OCC2CCN(Cc3ccn(C)c(=O)c3)CC2)n1. The van der Waals surface area contributed by atoms with Gasteiger partial charge in [0.15, 0.2) is 5.16 Å². The lowest BCUT2D eigenvalue weighted by Crippen LogP contribution is -2.35. The van der Waals surface area contributed by atoms with Gasteiger partial charge in [0.25, 0.3) is 5.56 Å². The first-order valence-corrected chi connectivity index (χ1v) is 10.2. The number of hydrogen-bond donors (Lipinski definition) is 0. The molecule has 0 spiro atoms. The highest BCUT2D eigenvalue weighted by Gasteiger charge is 2.20. The van der Waals surface area contributed by atoms with Crippen LogP contribution in [0.2, 0.25) is 0 Å². The molecule has 0 radical (unpaired) electrons. The van der Waals surface area contributed by atoms with Crippen molar-refractivity contribution in [3.8, 4) is 5.88 Å². The Kier molecular flexibility index (Phi) is 6.32. The molecule has 0 amide bonds. The molecule has 7 heteroatoms. The second-order valence-corrected chi connectivity index (χ2v) is 7.63. The Morgan fingerprint density at radius 1 is 1.35 bits per heavy atom. The number of pyridine rings is 1. The number of aryl methyl sites for hydroxylation is 2. The van der Waals surface area contributed by atoms with E-state index in [1.54, 1.807) is 17.7 Å². The minimum atomic E-state index is 0.0515. The van der Waals surface area contributed by atoms with Crippen LogP contribution in [0.3, 0.4) is 0 Å². The van der Waals surface area contributed by atoms with E-state index >= 15 is 0 Å². The molecule has 0 unspecified atom stereocenters. The van der Waals surface area contributed by atoms with Crippen molar-refractivity contribution in [2.45, 2.75) is 31.5 Å². The molecule has 0 aliphatic carbocycles. The first-order chi connectivity index (χ1) is 12.5. The highest BCUT2D eigenvalue weighted by molar-refractivity contribution is 7.98. The molecule has 3 rings (SSSR count). The zero-order chi connectivity index (χ0) is 18.5. The van der Waals surface area contributed by atoms with E-state index in [4.69, 9.17) is 4.74 Å². The molecular formula is C19H26N4O2S. The van der Waals surface area contributed by atoms with Gasteiger partial charge in [0, 0.05) is 37.6 Å². The van der Waals surface area contributed by atoms with Gasteiger partial charge < -0.3 is 9.30 Å². The van der Waals surface area contributed by atoms with Crippen LogP contribution >= 0.6 is 11.8 Å². The number of hydrogen-bond acceptors (Lipinski definition) is 6. The summed E-state index contributed by atoms with van der Waals surface area (Å²) in [7, 11) is 1.78. The predicted octanol–water partition coefficient (Wildman–Crippen LogP) is 2.50. The van der Waals surface area contributed by atoms with Crippen molar-refractivity contribution < 1.29 is 4.74 Å². The number of piperidine rings is 1. The van der Waals surface area contributed by atoms with E-state index in [0.29, 0.717) is 18.4 Å². The van der Waals surface area contributed by atoms with E-state index in [1.165, 1.54) is 11.8 Å². The summed E-state index contributed by atoms with van der Waals surface area (Å²) in [5.41, 5.74) is 2.12. The van der Waals surface area contributed by atoms with Crippen molar-refractivity contribution in [1.29, 1.82) is 0 Å². The van der Waals surface area contributed by atoms with Gasteiger partial charge in [-0.05, 0) is 56.7 Å². The topological polar surface area (TPSA) is 60.2 Å².